The summed E-state index contributed by atoms with van der Waals surface area (Å²) in [5, 5.41) is 4.22. The molecule has 0 saturated carbocycles. The van der Waals surface area contributed by atoms with E-state index in [0.29, 0.717) is 6.54 Å². The Balaban J connectivity index is 0.000000845. The summed E-state index contributed by atoms with van der Waals surface area (Å²) in [5.74, 6) is 0. The van der Waals surface area contributed by atoms with E-state index >= 15 is 0 Å². The molecular formula is C8H11ClN4. The number of hydrogen-bond donors (Lipinski definition) is 1. The zero-order chi connectivity index (χ0) is 8.55. The minimum atomic E-state index is 0. The van der Waals surface area contributed by atoms with Crippen molar-refractivity contribution in [2.45, 2.75) is 13.5 Å². The number of fused-ring (bicyclic) bond motifs is 1. The van der Waals surface area contributed by atoms with Crippen LogP contribution >= 0.6 is 12.4 Å². The molecule has 2 N–H and O–H groups in total. The molecule has 0 saturated heterocycles. The molecule has 0 bridgehead atoms. The van der Waals surface area contributed by atoms with Crippen LogP contribution in [0.1, 0.15) is 11.3 Å². The van der Waals surface area contributed by atoms with Crippen LogP contribution in [-0.4, -0.2) is 14.6 Å². The molecule has 2 heterocycles. The molecule has 5 heteroatoms. The highest BCUT2D eigenvalue weighted by Gasteiger charge is 1.98. The van der Waals surface area contributed by atoms with Crippen LogP contribution < -0.4 is 5.73 Å². The van der Waals surface area contributed by atoms with Crippen LogP contribution in [0.3, 0.4) is 0 Å². The molecule has 0 atom stereocenters. The first-order chi connectivity index (χ1) is 5.79. The van der Waals surface area contributed by atoms with E-state index in [1.807, 2.05) is 19.2 Å². The number of aromatic nitrogens is 3. The van der Waals surface area contributed by atoms with Gasteiger partial charge in [-0.3, -0.25) is 0 Å². The minimum Gasteiger partial charge on any atom is -0.326 e. The monoisotopic (exact) mass is 198 g/mol. The Kier molecular flexibility index (Phi) is 2.85. The second-order valence-electron chi connectivity index (χ2n) is 2.75. The fourth-order valence-corrected chi connectivity index (χ4v) is 1.14. The van der Waals surface area contributed by atoms with Gasteiger partial charge in [0, 0.05) is 30.6 Å². The van der Waals surface area contributed by atoms with Gasteiger partial charge in [-0.2, -0.15) is 5.10 Å². The molecule has 0 spiro atoms. The topological polar surface area (TPSA) is 56.2 Å². The lowest BCUT2D eigenvalue weighted by atomic mass is 10.3. The average Bonchev–Trinajstić information content (AvgIpc) is 2.43. The fourth-order valence-electron chi connectivity index (χ4n) is 1.14. The van der Waals surface area contributed by atoms with Crippen molar-refractivity contribution in [1.82, 2.24) is 14.6 Å². The molecule has 0 aliphatic carbocycles. The molecular weight excluding hydrogens is 188 g/mol. The SMILES string of the molecule is Cc1cc2ncc(CN)cn2n1.Cl. The van der Waals surface area contributed by atoms with E-state index in [-0.39, 0.29) is 12.4 Å². The van der Waals surface area contributed by atoms with Crippen LogP contribution in [0, 0.1) is 6.92 Å². The summed E-state index contributed by atoms with van der Waals surface area (Å²) in [5.41, 5.74) is 8.29. The van der Waals surface area contributed by atoms with Crippen LogP contribution in [0.15, 0.2) is 18.5 Å². The maximum Gasteiger partial charge on any atom is 0.155 e. The van der Waals surface area contributed by atoms with Crippen molar-refractivity contribution in [1.29, 1.82) is 0 Å². The van der Waals surface area contributed by atoms with E-state index in [1.54, 1.807) is 10.7 Å². The maximum absolute atomic E-state index is 5.47. The van der Waals surface area contributed by atoms with Crippen LogP contribution in [0.4, 0.5) is 0 Å². The average molecular weight is 199 g/mol. The summed E-state index contributed by atoms with van der Waals surface area (Å²) < 4.78 is 1.75. The number of aryl methyl sites for hydroxylation is 1. The molecule has 0 aliphatic rings. The van der Waals surface area contributed by atoms with Crippen LogP contribution in [0.25, 0.3) is 5.65 Å². The van der Waals surface area contributed by atoms with E-state index < -0.39 is 0 Å². The summed E-state index contributed by atoms with van der Waals surface area (Å²) in [6.45, 7) is 2.44. The van der Waals surface area contributed by atoms with E-state index in [0.717, 1.165) is 16.9 Å². The molecule has 0 aromatic carbocycles. The normalized spacial score (nSPS) is 10.0. The molecule has 4 nitrogen and oxygen atoms in total. The van der Waals surface area contributed by atoms with Crippen molar-refractivity contribution >= 4 is 18.1 Å². The Morgan fingerprint density at radius 2 is 2.31 bits per heavy atom. The Hall–Kier alpha value is -1.13. The minimum absolute atomic E-state index is 0. The molecule has 2 aromatic heterocycles. The third-order valence-electron chi connectivity index (χ3n) is 1.72. The highest BCUT2D eigenvalue weighted by molar-refractivity contribution is 5.85. The summed E-state index contributed by atoms with van der Waals surface area (Å²) in [6, 6.07) is 1.93. The second-order valence-corrected chi connectivity index (χ2v) is 2.75. The first-order valence-corrected chi connectivity index (χ1v) is 3.80. The molecule has 0 amide bonds. The molecule has 13 heavy (non-hydrogen) atoms. The van der Waals surface area contributed by atoms with Crippen LogP contribution in [0.2, 0.25) is 0 Å². The van der Waals surface area contributed by atoms with Gasteiger partial charge in [0.2, 0.25) is 0 Å². The highest BCUT2D eigenvalue weighted by atomic mass is 35.5. The van der Waals surface area contributed by atoms with Gasteiger partial charge in [0.25, 0.3) is 0 Å². The van der Waals surface area contributed by atoms with Crippen molar-refractivity contribution in [3.05, 3.63) is 29.7 Å². The molecule has 0 unspecified atom stereocenters. The van der Waals surface area contributed by atoms with Crippen molar-refractivity contribution in [2.24, 2.45) is 5.73 Å². The summed E-state index contributed by atoms with van der Waals surface area (Å²) in [7, 11) is 0. The number of halogens is 1. The van der Waals surface area contributed by atoms with Gasteiger partial charge in [-0.1, -0.05) is 0 Å². The van der Waals surface area contributed by atoms with E-state index in [9.17, 15) is 0 Å². The van der Waals surface area contributed by atoms with Crippen molar-refractivity contribution in [3.63, 3.8) is 0 Å². The smallest absolute Gasteiger partial charge is 0.155 e. The number of rotatable bonds is 1. The molecule has 0 fully saturated rings. The molecule has 2 rings (SSSR count). The predicted octanol–water partition coefficient (Wildman–Crippen LogP) is 0.918. The Morgan fingerprint density at radius 3 is 3.00 bits per heavy atom. The van der Waals surface area contributed by atoms with Gasteiger partial charge in [0.1, 0.15) is 0 Å². The molecule has 70 valence electrons. The van der Waals surface area contributed by atoms with Gasteiger partial charge in [0.15, 0.2) is 5.65 Å². The number of nitrogens with zero attached hydrogens (tertiary/aromatic N) is 3. The molecule has 0 aliphatic heterocycles. The summed E-state index contributed by atoms with van der Waals surface area (Å²) in [4.78, 5) is 4.19. The lowest BCUT2D eigenvalue weighted by Crippen LogP contribution is -2.00. The van der Waals surface area contributed by atoms with E-state index in [2.05, 4.69) is 10.1 Å². The molecule has 2 aromatic rings. The van der Waals surface area contributed by atoms with Gasteiger partial charge >= 0.3 is 0 Å². The third-order valence-corrected chi connectivity index (χ3v) is 1.72. The third kappa shape index (κ3) is 1.79. The molecule has 0 radical (unpaired) electrons. The van der Waals surface area contributed by atoms with Gasteiger partial charge in [-0.25, -0.2) is 9.50 Å². The van der Waals surface area contributed by atoms with Gasteiger partial charge in [-0.05, 0) is 6.92 Å². The lowest BCUT2D eigenvalue weighted by molar-refractivity contribution is 0.887. The predicted molar refractivity (Wildman–Crippen MR) is 52.9 cm³/mol. The Labute approximate surface area is 82.2 Å². The van der Waals surface area contributed by atoms with Gasteiger partial charge in [0.05, 0.1) is 5.69 Å². The zero-order valence-corrected chi connectivity index (χ0v) is 8.08. The Bertz CT molecular complexity index is 409. The van der Waals surface area contributed by atoms with Gasteiger partial charge in [-0.15, -0.1) is 12.4 Å². The highest BCUT2D eigenvalue weighted by Crippen LogP contribution is 2.03. The quantitative estimate of drug-likeness (QED) is 0.742. The van der Waals surface area contributed by atoms with Gasteiger partial charge < -0.3 is 5.73 Å². The Morgan fingerprint density at radius 1 is 1.54 bits per heavy atom. The standard InChI is InChI=1S/C8H10N4.ClH/c1-6-2-8-10-4-7(3-9)5-12(8)11-6;/h2,4-5H,3,9H2,1H3;1H. The summed E-state index contributed by atoms with van der Waals surface area (Å²) >= 11 is 0. The van der Waals surface area contributed by atoms with E-state index in [1.165, 1.54) is 0 Å². The first kappa shape index (κ1) is 9.95. The second kappa shape index (κ2) is 3.72. The first-order valence-electron chi connectivity index (χ1n) is 3.80. The zero-order valence-electron chi connectivity index (χ0n) is 7.27. The van der Waals surface area contributed by atoms with Crippen molar-refractivity contribution in [3.8, 4) is 0 Å². The van der Waals surface area contributed by atoms with Crippen LogP contribution in [0.5, 0.6) is 0 Å². The number of hydrogen-bond acceptors (Lipinski definition) is 3. The summed E-state index contributed by atoms with van der Waals surface area (Å²) in [6.07, 6.45) is 3.67. The van der Waals surface area contributed by atoms with Crippen molar-refractivity contribution < 1.29 is 0 Å². The fraction of sp³-hybridized carbons (Fsp3) is 0.250. The largest absolute Gasteiger partial charge is 0.326 e. The lowest BCUT2D eigenvalue weighted by Gasteiger charge is -1.95. The van der Waals surface area contributed by atoms with E-state index in [4.69, 9.17) is 5.73 Å². The maximum atomic E-state index is 5.47. The van der Waals surface area contributed by atoms with Crippen LogP contribution in [-0.2, 0) is 6.54 Å². The number of nitrogens with two attached hydrogens (primary N) is 1. The van der Waals surface area contributed by atoms with Crippen molar-refractivity contribution in [2.75, 3.05) is 0 Å².